The van der Waals surface area contributed by atoms with Crippen LogP contribution >= 0.6 is 11.3 Å². The van der Waals surface area contributed by atoms with Gasteiger partial charge in [-0.25, -0.2) is 10.4 Å². The Balaban J connectivity index is 1.68. The summed E-state index contributed by atoms with van der Waals surface area (Å²) in [6, 6.07) is 15.8. The lowest BCUT2D eigenvalue weighted by Gasteiger charge is -2.12. The van der Waals surface area contributed by atoms with Crippen LogP contribution in [-0.2, 0) is 7.05 Å². The molecular weight excluding hydrogens is 434 g/mol. The van der Waals surface area contributed by atoms with Crippen molar-refractivity contribution in [1.82, 2.24) is 19.9 Å². The Labute approximate surface area is 196 Å². The third-order valence-corrected chi connectivity index (χ3v) is 6.30. The zero-order valence-electron chi connectivity index (χ0n) is 18.9. The lowest BCUT2D eigenvalue weighted by Crippen LogP contribution is -2.21. The quantitative estimate of drug-likeness (QED) is 0.275. The van der Waals surface area contributed by atoms with Crippen LogP contribution < -0.4 is 16.5 Å². The van der Waals surface area contributed by atoms with Gasteiger partial charge in [-0.3, -0.25) is 4.79 Å². The van der Waals surface area contributed by atoms with Gasteiger partial charge in [-0.15, -0.1) is 11.3 Å². The van der Waals surface area contributed by atoms with Crippen molar-refractivity contribution in [2.45, 2.75) is 0 Å². The van der Waals surface area contributed by atoms with Gasteiger partial charge < -0.3 is 20.5 Å². The largest absolute Gasteiger partial charge is 0.397 e. The molecule has 0 radical (unpaired) electrons. The summed E-state index contributed by atoms with van der Waals surface area (Å²) in [5.74, 6) is 0.389. The van der Waals surface area contributed by atoms with E-state index in [0.29, 0.717) is 15.4 Å². The van der Waals surface area contributed by atoms with E-state index in [1.807, 2.05) is 80.4 Å². The van der Waals surface area contributed by atoms with Gasteiger partial charge in [-0.05, 0) is 43.4 Å². The van der Waals surface area contributed by atoms with Crippen LogP contribution in [0.2, 0.25) is 0 Å². The summed E-state index contributed by atoms with van der Waals surface area (Å²) in [5.41, 5.74) is 12.3. The molecule has 4 N–H and O–H groups in total. The van der Waals surface area contributed by atoms with E-state index in [9.17, 15) is 4.79 Å². The topological polar surface area (TPSA) is 101 Å². The number of anilines is 2. The first kappa shape index (κ1) is 22.5. The van der Waals surface area contributed by atoms with Crippen LogP contribution in [0.4, 0.5) is 11.5 Å². The molecule has 33 heavy (non-hydrogen) atoms. The van der Waals surface area contributed by atoms with Gasteiger partial charge in [0.15, 0.2) is 0 Å². The van der Waals surface area contributed by atoms with E-state index in [1.54, 1.807) is 6.21 Å². The average Bonchev–Trinajstić information content (AvgIpc) is 3.36. The first-order valence-electron chi connectivity index (χ1n) is 10.6. The number of pyridine rings is 1. The molecule has 0 aliphatic carbocycles. The summed E-state index contributed by atoms with van der Waals surface area (Å²) >= 11 is 1.27. The molecule has 3 heterocycles. The molecule has 0 bridgehead atoms. The number of carbonyl (C=O) groups excluding carboxylic acids is 1. The fourth-order valence-corrected chi connectivity index (χ4v) is 4.46. The number of hydrogen-bond donors (Lipinski definition) is 3. The molecule has 0 aliphatic rings. The minimum absolute atomic E-state index is 0.359. The third-order valence-electron chi connectivity index (χ3n) is 5.20. The minimum atomic E-state index is -0.359. The molecule has 0 spiro atoms. The van der Waals surface area contributed by atoms with Gasteiger partial charge in [-0.2, -0.15) is 5.10 Å². The van der Waals surface area contributed by atoms with Crippen molar-refractivity contribution < 1.29 is 4.79 Å². The first-order chi connectivity index (χ1) is 15.9. The molecule has 8 nitrogen and oxygen atoms in total. The SMILES string of the molecule is CN(C)CCNc1cc(-c2ccccc2)c2c(N)c(C(=O)N/N=C/c3cccn3C)sc2n1. The van der Waals surface area contributed by atoms with Gasteiger partial charge in [0.05, 0.1) is 17.6 Å². The molecular formula is C24H27N7OS. The van der Waals surface area contributed by atoms with E-state index in [1.165, 1.54) is 11.3 Å². The molecule has 4 rings (SSSR count). The Morgan fingerprint density at radius 2 is 2.03 bits per heavy atom. The van der Waals surface area contributed by atoms with Gasteiger partial charge >= 0.3 is 0 Å². The van der Waals surface area contributed by atoms with Crippen LogP contribution in [-0.4, -0.2) is 53.8 Å². The number of nitrogens with two attached hydrogens (primary N) is 1. The Hall–Kier alpha value is -3.69. The average molecular weight is 462 g/mol. The normalized spacial score (nSPS) is 11.5. The van der Waals surface area contributed by atoms with E-state index in [4.69, 9.17) is 10.7 Å². The van der Waals surface area contributed by atoms with E-state index >= 15 is 0 Å². The summed E-state index contributed by atoms with van der Waals surface area (Å²) in [4.78, 5) is 20.8. The van der Waals surface area contributed by atoms with Gasteiger partial charge in [0.25, 0.3) is 5.91 Å². The zero-order chi connectivity index (χ0) is 23.4. The van der Waals surface area contributed by atoms with Crippen LogP contribution in [0.25, 0.3) is 21.3 Å². The highest BCUT2D eigenvalue weighted by Crippen LogP contribution is 2.40. The van der Waals surface area contributed by atoms with Crippen molar-refractivity contribution >= 4 is 45.2 Å². The molecule has 4 aromatic rings. The predicted molar refractivity (Wildman–Crippen MR) is 137 cm³/mol. The number of benzene rings is 1. The molecule has 0 atom stereocenters. The molecule has 9 heteroatoms. The highest BCUT2D eigenvalue weighted by Gasteiger charge is 2.21. The standard InChI is InChI=1S/C24H27N7OS/c1-30(2)13-11-26-19-14-18(16-8-5-4-6-9-16)20-21(25)22(33-24(20)28-19)23(32)29-27-15-17-10-7-12-31(17)3/h4-10,12,14-15H,11,13,25H2,1-3H3,(H,26,28)(H,29,32)/b27-15+. The van der Waals surface area contributed by atoms with Crippen LogP contribution in [0.1, 0.15) is 15.4 Å². The van der Waals surface area contributed by atoms with Gasteiger partial charge in [-0.1, -0.05) is 30.3 Å². The summed E-state index contributed by atoms with van der Waals surface area (Å²) in [6.07, 6.45) is 3.51. The van der Waals surface area contributed by atoms with Crippen molar-refractivity contribution in [2.75, 3.05) is 38.2 Å². The number of fused-ring (bicyclic) bond motifs is 1. The Morgan fingerprint density at radius 3 is 2.73 bits per heavy atom. The summed E-state index contributed by atoms with van der Waals surface area (Å²) in [5, 5.41) is 8.24. The minimum Gasteiger partial charge on any atom is -0.397 e. The number of amides is 1. The lowest BCUT2D eigenvalue weighted by atomic mass is 10.0. The molecule has 0 fully saturated rings. The number of nitrogens with zero attached hydrogens (tertiary/aromatic N) is 4. The molecule has 1 aromatic carbocycles. The summed E-state index contributed by atoms with van der Waals surface area (Å²) in [6.45, 7) is 1.63. The highest BCUT2D eigenvalue weighted by atomic mass is 32.1. The van der Waals surface area contributed by atoms with E-state index < -0.39 is 0 Å². The lowest BCUT2D eigenvalue weighted by molar-refractivity contribution is 0.0960. The molecule has 0 unspecified atom stereocenters. The molecule has 0 saturated heterocycles. The van der Waals surface area contributed by atoms with E-state index in [-0.39, 0.29) is 5.91 Å². The van der Waals surface area contributed by atoms with Crippen LogP contribution in [0.15, 0.2) is 59.8 Å². The zero-order valence-corrected chi connectivity index (χ0v) is 19.7. The number of hydrogen-bond acceptors (Lipinski definition) is 7. The van der Waals surface area contributed by atoms with Crippen LogP contribution in [0.3, 0.4) is 0 Å². The summed E-state index contributed by atoms with van der Waals surface area (Å²) in [7, 11) is 5.96. The maximum atomic E-state index is 12.9. The monoisotopic (exact) mass is 461 g/mol. The molecule has 170 valence electrons. The second-order valence-corrected chi connectivity index (χ2v) is 8.92. The van der Waals surface area contributed by atoms with Crippen molar-refractivity contribution in [2.24, 2.45) is 12.1 Å². The Morgan fingerprint density at radius 1 is 1.24 bits per heavy atom. The van der Waals surface area contributed by atoms with E-state index in [2.05, 4.69) is 20.7 Å². The number of likely N-dealkylation sites (N-methyl/N-ethyl adjacent to an activating group) is 1. The fourth-order valence-electron chi connectivity index (χ4n) is 3.45. The highest BCUT2D eigenvalue weighted by molar-refractivity contribution is 7.21. The molecule has 1 amide bonds. The van der Waals surface area contributed by atoms with Crippen molar-refractivity contribution in [3.8, 4) is 11.1 Å². The summed E-state index contributed by atoms with van der Waals surface area (Å²) < 4.78 is 1.91. The third kappa shape index (κ3) is 5.05. The smallest absolute Gasteiger partial charge is 0.283 e. The second kappa shape index (κ2) is 9.85. The number of nitrogen functional groups attached to an aromatic ring is 1. The first-order valence-corrected chi connectivity index (χ1v) is 11.4. The van der Waals surface area contributed by atoms with Crippen molar-refractivity contribution in [3.05, 3.63) is 65.3 Å². The molecule has 0 saturated carbocycles. The van der Waals surface area contributed by atoms with Gasteiger partial charge in [0.2, 0.25) is 0 Å². The van der Waals surface area contributed by atoms with Gasteiger partial charge in [0, 0.05) is 31.7 Å². The second-order valence-electron chi connectivity index (χ2n) is 7.92. The number of aromatic nitrogens is 2. The fraction of sp³-hybridized carbons (Fsp3) is 0.208. The van der Waals surface area contributed by atoms with Crippen molar-refractivity contribution in [1.29, 1.82) is 0 Å². The number of thiophene rings is 1. The maximum Gasteiger partial charge on any atom is 0.283 e. The van der Waals surface area contributed by atoms with Crippen molar-refractivity contribution in [3.63, 3.8) is 0 Å². The Bertz CT molecular complexity index is 1290. The van der Waals surface area contributed by atoms with Gasteiger partial charge in [0.1, 0.15) is 15.5 Å². The predicted octanol–water partition coefficient (Wildman–Crippen LogP) is 3.62. The number of nitrogens with one attached hydrogen (secondary N) is 2. The number of carbonyl (C=O) groups is 1. The number of aryl methyl sites for hydroxylation is 1. The van der Waals surface area contributed by atoms with E-state index in [0.717, 1.165) is 41.1 Å². The van der Waals surface area contributed by atoms with Crippen LogP contribution in [0.5, 0.6) is 0 Å². The number of hydrazone groups is 1. The van der Waals surface area contributed by atoms with Crippen LogP contribution in [0, 0.1) is 0 Å². The Kier molecular flexibility index (Phi) is 6.71. The maximum absolute atomic E-state index is 12.9. The molecule has 3 aromatic heterocycles. The number of rotatable bonds is 8. The molecule has 0 aliphatic heterocycles.